The molecule has 0 aliphatic heterocycles. The van der Waals surface area contributed by atoms with Crippen molar-refractivity contribution in [3.63, 3.8) is 0 Å². The first kappa shape index (κ1) is 15.3. The van der Waals surface area contributed by atoms with Gasteiger partial charge >= 0.3 is 16.1 Å². The molecule has 7 heteroatoms. The first-order valence-electron chi connectivity index (χ1n) is 5.82. The fourth-order valence-electron chi connectivity index (χ4n) is 1.63. The number of esters is 1. The minimum Gasteiger partial charge on any atom is -0.465 e. The van der Waals surface area contributed by atoms with Gasteiger partial charge < -0.3 is 8.92 Å². The molecule has 0 heterocycles. The molecule has 0 saturated heterocycles. The lowest BCUT2D eigenvalue weighted by molar-refractivity contribution is 0.0599. The lowest BCUT2D eigenvalue weighted by Crippen LogP contribution is -2.13. The largest absolute Gasteiger partial charge is 0.465 e. The highest BCUT2D eigenvalue weighted by molar-refractivity contribution is 7.87. The molecule has 0 amide bonds. The molecule has 0 aromatic heterocycles. The molecule has 21 heavy (non-hydrogen) atoms. The van der Waals surface area contributed by atoms with Crippen LogP contribution in [0.3, 0.4) is 0 Å². The molecule has 0 bridgehead atoms. The summed E-state index contributed by atoms with van der Waals surface area (Å²) in [7, 11) is -2.95. The molecule has 0 aliphatic rings. The lowest BCUT2D eigenvalue weighted by Gasteiger charge is -2.11. The third kappa shape index (κ3) is 3.34. The van der Waals surface area contributed by atoms with E-state index in [0.29, 0.717) is 0 Å². The Morgan fingerprint density at radius 2 is 1.67 bits per heavy atom. The highest BCUT2D eigenvalue weighted by Crippen LogP contribution is 2.27. The van der Waals surface area contributed by atoms with Crippen LogP contribution < -0.4 is 4.18 Å². The van der Waals surface area contributed by atoms with Crippen molar-refractivity contribution in [2.24, 2.45) is 0 Å². The summed E-state index contributed by atoms with van der Waals surface area (Å²) in [6, 6.07) is 11.8. The van der Waals surface area contributed by atoms with E-state index in [1.807, 2.05) is 0 Å². The summed E-state index contributed by atoms with van der Waals surface area (Å²) in [5.41, 5.74) is 0.00984. The Labute approximate surface area is 127 Å². The quantitative estimate of drug-likeness (QED) is 0.638. The number of carbonyl (C=O) groups is 1. The first-order chi connectivity index (χ1) is 9.95. The van der Waals surface area contributed by atoms with E-state index in [2.05, 4.69) is 4.74 Å². The molecule has 2 aromatic rings. The highest BCUT2D eigenvalue weighted by atomic mass is 35.5. The SMILES string of the molecule is COC(=O)c1ccccc1OS(=O)(=O)c1ccccc1Cl. The van der Waals surface area contributed by atoms with Crippen LogP contribution in [-0.2, 0) is 14.9 Å². The Balaban J connectivity index is 2.43. The zero-order chi connectivity index (χ0) is 15.5. The maximum Gasteiger partial charge on any atom is 0.341 e. The Morgan fingerprint density at radius 1 is 1.05 bits per heavy atom. The second kappa shape index (κ2) is 6.15. The third-order valence-corrected chi connectivity index (χ3v) is 4.33. The van der Waals surface area contributed by atoms with Crippen LogP contribution in [0.5, 0.6) is 5.75 Å². The van der Waals surface area contributed by atoms with Gasteiger partial charge in [-0.05, 0) is 24.3 Å². The number of hydrogen-bond acceptors (Lipinski definition) is 5. The van der Waals surface area contributed by atoms with E-state index in [0.717, 1.165) is 0 Å². The molecule has 110 valence electrons. The number of rotatable bonds is 4. The van der Waals surface area contributed by atoms with Gasteiger partial charge in [0.05, 0.1) is 12.1 Å². The zero-order valence-corrected chi connectivity index (χ0v) is 12.5. The summed E-state index contributed by atoms with van der Waals surface area (Å²) >= 11 is 5.85. The van der Waals surface area contributed by atoms with Crippen molar-refractivity contribution in [1.29, 1.82) is 0 Å². The number of hydrogen-bond donors (Lipinski definition) is 0. The van der Waals surface area contributed by atoms with E-state index in [1.54, 1.807) is 18.2 Å². The molecule has 5 nitrogen and oxygen atoms in total. The zero-order valence-electron chi connectivity index (χ0n) is 10.9. The topological polar surface area (TPSA) is 69.7 Å². The summed E-state index contributed by atoms with van der Waals surface area (Å²) < 4.78 is 34.0. The molecule has 0 atom stereocenters. The van der Waals surface area contributed by atoms with Crippen molar-refractivity contribution < 1.29 is 22.1 Å². The minimum absolute atomic E-state index is 0.00984. The van der Waals surface area contributed by atoms with Crippen LogP contribution in [0.15, 0.2) is 53.4 Å². The maximum absolute atomic E-state index is 12.2. The van der Waals surface area contributed by atoms with Crippen LogP contribution in [0, 0.1) is 0 Å². The summed E-state index contributed by atoms with van der Waals surface area (Å²) in [6.45, 7) is 0. The van der Waals surface area contributed by atoms with Crippen LogP contribution in [0.25, 0.3) is 0 Å². The highest BCUT2D eigenvalue weighted by Gasteiger charge is 2.23. The number of para-hydroxylation sites is 1. The fourth-order valence-corrected chi connectivity index (χ4v) is 3.07. The molecule has 2 rings (SSSR count). The standard InChI is InChI=1S/C14H11ClO5S/c1-19-14(16)10-6-2-4-8-12(10)20-21(17,18)13-9-5-3-7-11(13)15/h2-9H,1H3. The molecule has 0 fully saturated rings. The summed E-state index contributed by atoms with van der Waals surface area (Å²) in [6.07, 6.45) is 0. The average Bonchev–Trinajstić information content (AvgIpc) is 2.47. The van der Waals surface area contributed by atoms with E-state index in [1.165, 1.54) is 37.4 Å². The third-order valence-electron chi connectivity index (χ3n) is 2.60. The van der Waals surface area contributed by atoms with Crippen LogP contribution >= 0.6 is 11.6 Å². The van der Waals surface area contributed by atoms with Gasteiger partial charge in [-0.25, -0.2) is 4.79 Å². The predicted octanol–water partition coefficient (Wildman–Crippen LogP) is 2.89. The van der Waals surface area contributed by atoms with E-state index in [9.17, 15) is 13.2 Å². The van der Waals surface area contributed by atoms with Gasteiger partial charge in [0, 0.05) is 0 Å². The number of ether oxygens (including phenoxy) is 1. The van der Waals surface area contributed by atoms with Gasteiger partial charge in [-0.3, -0.25) is 0 Å². The molecule has 0 saturated carbocycles. The van der Waals surface area contributed by atoms with Crippen molar-refractivity contribution in [2.45, 2.75) is 4.90 Å². The van der Waals surface area contributed by atoms with Crippen LogP contribution in [0.2, 0.25) is 5.02 Å². The minimum atomic E-state index is -4.15. The monoisotopic (exact) mass is 326 g/mol. The molecule has 0 spiro atoms. The Hall–Kier alpha value is -2.05. The van der Waals surface area contributed by atoms with Crippen LogP contribution in [0.1, 0.15) is 10.4 Å². The summed E-state index contributed by atoms with van der Waals surface area (Å²) in [5, 5.41) is 0.0352. The lowest BCUT2D eigenvalue weighted by atomic mass is 10.2. The molecule has 0 N–H and O–H groups in total. The number of carbonyl (C=O) groups excluding carboxylic acids is 1. The van der Waals surface area contributed by atoms with Gasteiger partial charge in [-0.15, -0.1) is 0 Å². The number of methoxy groups -OCH3 is 1. The maximum atomic E-state index is 12.2. The van der Waals surface area contributed by atoms with Crippen molar-refractivity contribution in [3.8, 4) is 5.75 Å². The van der Waals surface area contributed by atoms with E-state index in [-0.39, 0.29) is 21.2 Å². The molecule has 0 aliphatic carbocycles. The first-order valence-corrected chi connectivity index (χ1v) is 7.60. The van der Waals surface area contributed by atoms with Gasteiger partial charge in [0.2, 0.25) is 0 Å². The number of halogens is 1. The van der Waals surface area contributed by atoms with Crippen molar-refractivity contribution in [1.82, 2.24) is 0 Å². The number of benzene rings is 2. The van der Waals surface area contributed by atoms with E-state index >= 15 is 0 Å². The summed E-state index contributed by atoms with van der Waals surface area (Å²) in [5.74, 6) is -0.816. The Morgan fingerprint density at radius 3 is 2.33 bits per heavy atom. The van der Waals surface area contributed by atoms with Gasteiger partial charge in [-0.2, -0.15) is 8.42 Å². The second-order valence-electron chi connectivity index (χ2n) is 3.96. The normalized spacial score (nSPS) is 11.0. The van der Waals surface area contributed by atoms with Gasteiger partial charge in [0.25, 0.3) is 0 Å². The second-order valence-corrected chi connectivity index (χ2v) is 5.88. The molecular formula is C14H11ClO5S. The molecule has 2 aromatic carbocycles. The Kier molecular flexibility index (Phi) is 4.50. The van der Waals surface area contributed by atoms with Gasteiger partial charge in [0.15, 0.2) is 5.75 Å². The van der Waals surface area contributed by atoms with E-state index < -0.39 is 16.1 Å². The van der Waals surface area contributed by atoms with Crippen LogP contribution in [0.4, 0.5) is 0 Å². The molecule has 0 radical (unpaired) electrons. The molecule has 0 unspecified atom stereocenters. The Bertz CT molecular complexity index is 770. The van der Waals surface area contributed by atoms with Gasteiger partial charge in [0.1, 0.15) is 10.5 Å². The fraction of sp³-hybridized carbons (Fsp3) is 0.0714. The predicted molar refractivity (Wildman–Crippen MR) is 77.0 cm³/mol. The van der Waals surface area contributed by atoms with Gasteiger partial charge in [-0.1, -0.05) is 35.9 Å². The average molecular weight is 327 g/mol. The van der Waals surface area contributed by atoms with Crippen molar-refractivity contribution in [2.75, 3.05) is 7.11 Å². The van der Waals surface area contributed by atoms with E-state index in [4.69, 9.17) is 15.8 Å². The van der Waals surface area contributed by atoms with Crippen molar-refractivity contribution in [3.05, 3.63) is 59.1 Å². The summed E-state index contributed by atoms with van der Waals surface area (Å²) in [4.78, 5) is 11.4. The van der Waals surface area contributed by atoms with Crippen molar-refractivity contribution >= 4 is 27.7 Å². The molecular weight excluding hydrogens is 316 g/mol. The smallest absolute Gasteiger partial charge is 0.341 e. The van der Waals surface area contributed by atoms with Crippen LogP contribution in [-0.4, -0.2) is 21.5 Å².